The molecule has 0 saturated carbocycles. The van der Waals surface area contributed by atoms with Crippen molar-refractivity contribution < 1.29 is 46.7 Å². The van der Waals surface area contributed by atoms with Gasteiger partial charge < -0.3 is 4.55 Å². The molecule has 0 rings (SSSR count). The van der Waals surface area contributed by atoms with E-state index in [9.17, 15) is 13.0 Å². The summed E-state index contributed by atoms with van der Waals surface area (Å²) in [5.41, 5.74) is 0. The van der Waals surface area contributed by atoms with E-state index in [0.29, 0.717) is 0 Å². The van der Waals surface area contributed by atoms with Crippen LogP contribution >= 0.6 is 0 Å². The van der Waals surface area contributed by atoms with E-state index in [0.717, 1.165) is 19.3 Å². The number of unbranched alkanes of at least 4 members (excludes halogenated alkanes) is 26. The van der Waals surface area contributed by atoms with E-state index in [4.69, 9.17) is 0 Å². The molecule has 0 spiro atoms. The molecule has 0 radical (unpaired) electrons. The standard InChI is InChI=1S/C35H70O4S.Na/c1-3-5-7-9-11-13-15-17-18-19-21-23-25-27-29-31-33-35(34-39-40(36,37)38)32-30-28-26-24-22-20-16-14-12-10-8-6-4-2;/h31,33,35H,3-30,32,34H2,1-2H3,(H,36,37,38);/q;+1/p-1/b33-31+;. The van der Waals surface area contributed by atoms with Crippen LogP contribution in [0.1, 0.15) is 200 Å². The number of hydrogen-bond acceptors (Lipinski definition) is 4. The summed E-state index contributed by atoms with van der Waals surface area (Å²) in [7, 11) is -4.62. The number of rotatable bonds is 33. The molecule has 0 aromatic heterocycles. The normalized spacial score (nSPS) is 12.7. The van der Waals surface area contributed by atoms with E-state index in [-0.39, 0.29) is 42.1 Å². The van der Waals surface area contributed by atoms with Gasteiger partial charge in [0.25, 0.3) is 0 Å². The van der Waals surface area contributed by atoms with Crippen LogP contribution in [0.25, 0.3) is 0 Å². The summed E-state index contributed by atoms with van der Waals surface area (Å²) in [4.78, 5) is 0. The van der Waals surface area contributed by atoms with E-state index in [1.165, 1.54) is 167 Å². The molecular weight excluding hydrogens is 539 g/mol. The predicted octanol–water partition coefficient (Wildman–Crippen LogP) is 8.99. The van der Waals surface area contributed by atoms with Crippen molar-refractivity contribution in [2.75, 3.05) is 6.61 Å². The zero-order valence-electron chi connectivity index (χ0n) is 28.0. The Morgan fingerprint density at radius 1 is 0.537 bits per heavy atom. The monoisotopic (exact) mass is 608 g/mol. The minimum atomic E-state index is -4.62. The van der Waals surface area contributed by atoms with Gasteiger partial charge in [-0.25, -0.2) is 8.42 Å². The maximum Gasteiger partial charge on any atom is 1.00 e. The molecule has 41 heavy (non-hydrogen) atoms. The van der Waals surface area contributed by atoms with Crippen LogP contribution in [0.15, 0.2) is 12.2 Å². The van der Waals surface area contributed by atoms with Crippen molar-refractivity contribution in [1.29, 1.82) is 0 Å². The van der Waals surface area contributed by atoms with Crippen LogP contribution in [0, 0.1) is 5.92 Å². The van der Waals surface area contributed by atoms with Crippen molar-refractivity contribution in [1.82, 2.24) is 0 Å². The second-order valence-corrected chi connectivity index (χ2v) is 13.3. The summed E-state index contributed by atoms with van der Waals surface area (Å²) in [6.07, 6.45) is 42.4. The summed E-state index contributed by atoms with van der Waals surface area (Å²) >= 11 is 0. The molecule has 0 N–H and O–H groups in total. The first-order valence-corrected chi connectivity index (χ1v) is 19.1. The Kier molecular flexibility index (Phi) is 37.4. The van der Waals surface area contributed by atoms with Crippen LogP contribution in [0.5, 0.6) is 0 Å². The smallest absolute Gasteiger partial charge is 0.726 e. The molecule has 0 fully saturated rings. The van der Waals surface area contributed by atoms with E-state index in [1.807, 2.05) is 0 Å². The van der Waals surface area contributed by atoms with Crippen molar-refractivity contribution >= 4 is 10.4 Å². The summed E-state index contributed by atoms with van der Waals surface area (Å²) < 4.78 is 37.4. The Labute approximate surface area is 280 Å². The zero-order valence-corrected chi connectivity index (χ0v) is 30.8. The number of allylic oxidation sites excluding steroid dienone is 1. The van der Waals surface area contributed by atoms with Crippen LogP contribution in [0.3, 0.4) is 0 Å². The van der Waals surface area contributed by atoms with Crippen molar-refractivity contribution in [2.24, 2.45) is 5.92 Å². The SMILES string of the molecule is CCCCCCCCCCCCCCCC/C=C/C(CCCCCCCCCCCCCCC)COS(=O)(=O)[O-].[Na+]. The Balaban J connectivity index is 0. The van der Waals surface area contributed by atoms with Crippen LogP contribution in [0.4, 0.5) is 0 Å². The molecule has 1 unspecified atom stereocenters. The molecule has 1 atom stereocenters. The topological polar surface area (TPSA) is 66.4 Å². The predicted molar refractivity (Wildman–Crippen MR) is 174 cm³/mol. The van der Waals surface area contributed by atoms with Gasteiger partial charge in [-0.3, -0.25) is 4.18 Å². The molecule has 4 nitrogen and oxygen atoms in total. The van der Waals surface area contributed by atoms with Gasteiger partial charge in [0.15, 0.2) is 0 Å². The van der Waals surface area contributed by atoms with Crippen LogP contribution in [0.2, 0.25) is 0 Å². The average molecular weight is 609 g/mol. The van der Waals surface area contributed by atoms with Gasteiger partial charge in [0, 0.05) is 5.92 Å². The Morgan fingerprint density at radius 2 is 0.854 bits per heavy atom. The molecule has 0 aliphatic carbocycles. The molecule has 0 bridgehead atoms. The van der Waals surface area contributed by atoms with Gasteiger partial charge in [-0.15, -0.1) is 0 Å². The van der Waals surface area contributed by atoms with Crippen molar-refractivity contribution in [2.45, 2.75) is 200 Å². The molecule has 0 saturated heterocycles. The van der Waals surface area contributed by atoms with Gasteiger partial charge in [0.2, 0.25) is 10.4 Å². The molecule has 0 amide bonds. The third-order valence-electron chi connectivity index (χ3n) is 8.24. The Morgan fingerprint density at radius 3 is 1.20 bits per heavy atom. The van der Waals surface area contributed by atoms with Gasteiger partial charge in [-0.1, -0.05) is 193 Å². The largest absolute Gasteiger partial charge is 1.00 e. The Bertz CT molecular complexity index is 624. The summed E-state index contributed by atoms with van der Waals surface area (Å²) in [5.74, 6) is 0.0167. The molecule has 0 aromatic carbocycles. The minimum absolute atomic E-state index is 0. The van der Waals surface area contributed by atoms with Gasteiger partial charge >= 0.3 is 29.6 Å². The first-order valence-electron chi connectivity index (χ1n) is 17.8. The minimum Gasteiger partial charge on any atom is -0.726 e. The van der Waals surface area contributed by atoms with Crippen LogP contribution in [-0.2, 0) is 14.6 Å². The van der Waals surface area contributed by atoms with Gasteiger partial charge in [-0.05, 0) is 19.3 Å². The van der Waals surface area contributed by atoms with Crippen molar-refractivity contribution in [3.05, 3.63) is 12.2 Å². The van der Waals surface area contributed by atoms with Crippen molar-refractivity contribution in [3.63, 3.8) is 0 Å². The quantitative estimate of drug-likeness (QED) is 0.0245. The van der Waals surface area contributed by atoms with Gasteiger partial charge in [-0.2, -0.15) is 0 Å². The molecule has 0 aromatic rings. The van der Waals surface area contributed by atoms with Crippen molar-refractivity contribution in [3.8, 4) is 0 Å². The molecule has 0 aliphatic heterocycles. The maximum atomic E-state index is 10.9. The van der Waals surface area contributed by atoms with Gasteiger partial charge in [0.05, 0.1) is 6.61 Å². The average Bonchev–Trinajstić information content (AvgIpc) is 2.93. The first-order chi connectivity index (χ1) is 19.5. The third kappa shape index (κ3) is 38.6. The molecule has 0 heterocycles. The zero-order chi connectivity index (χ0) is 29.4. The second-order valence-electron chi connectivity index (χ2n) is 12.3. The third-order valence-corrected chi connectivity index (χ3v) is 8.66. The fourth-order valence-electron chi connectivity index (χ4n) is 5.58. The molecule has 6 heteroatoms. The molecule has 240 valence electrons. The van der Waals surface area contributed by atoms with E-state index in [1.54, 1.807) is 0 Å². The van der Waals surface area contributed by atoms with E-state index in [2.05, 4.69) is 30.2 Å². The fourth-order valence-corrected chi connectivity index (χ4v) is 5.92. The second kappa shape index (κ2) is 35.1. The summed E-state index contributed by atoms with van der Waals surface area (Å²) in [6.45, 7) is 4.53. The summed E-state index contributed by atoms with van der Waals surface area (Å²) in [6, 6.07) is 0. The summed E-state index contributed by atoms with van der Waals surface area (Å²) in [5, 5.41) is 0. The van der Waals surface area contributed by atoms with Crippen LogP contribution in [-0.4, -0.2) is 19.6 Å². The molecular formula is C35H69NaO4S. The van der Waals surface area contributed by atoms with E-state index < -0.39 is 10.4 Å². The van der Waals surface area contributed by atoms with Gasteiger partial charge in [0.1, 0.15) is 0 Å². The Hall–Kier alpha value is 0.610. The first kappa shape index (κ1) is 43.7. The van der Waals surface area contributed by atoms with E-state index >= 15 is 0 Å². The fraction of sp³-hybridized carbons (Fsp3) is 0.943. The maximum absolute atomic E-state index is 10.9. The molecule has 0 aliphatic rings. The number of hydrogen-bond donors (Lipinski definition) is 0. The van der Waals surface area contributed by atoms with Crippen LogP contribution < -0.4 is 29.6 Å².